The van der Waals surface area contributed by atoms with Gasteiger partial charge in [-0.3, -0.25) is 4.99 Å². The first kappa shape index (κ1) is 19.6. The Morgan fingerprint density at radius 2 is 2.15 bits per heavy atom. The number of aromatic nitrogens is 2. The average molecular weight is 391 g/mol. The summed E-state index contributed by atoms with van der Waals surface area (Å²) in [5.41, 5.74) is 0.830. The maximum atomic E-state index is 6.02. The SMILES string of the molecule is CN=C(NCc1nc(-c2cccc(Cl)c2)no1)NC1CCN(C(C)C)CC1. The molecule has 2 aromatic rings. The van der Waals surface area contributed by atoms with Gasteiger partial charge in [0.25, 0.3) is 0 Å². The van der Waals surface area contributed by atoms with E-state index >= 15 is 0 Å². The Balaban J connectivity index is 1.50. The number of rotatable bonds is 5. The molecule has 1 saturated heterocycles. The minimum Gasteiger partial charge on any atom is -0.354 e. The molecule has 1 aliphatic rings. The highest BCUT2D eigenvalue weighted by Crippen LogP contribution is 2.19. The van der Waals surface area contributed by atoms with Gasteiger partial charge in [-0.1, -0.05) is 28.9 Å². The summed E-state index contributed by atoms with van der Waals surface area (Å²) in [6.45, 7) is 7.13. The van der Waals surface area contributed by atoms with Gasteiger partial charge in [-0.15, -0.1) is 0 Å². The van der Waals surface area contributed by atoms with Gasteiger partial charge >= 0.3 is 0 Å². The van der Waals surface area contributed by atoms with Crippen molar-refractivity contribution in [1.82, 2.24) is 25.7 Å². The minimum atomic E-state index is 0.415. The van der Waals surface area contributed by atoms with Crippen molar-refractivity contribution in [2.75, 3.05) is 20.1 Å². The third-order valence-electron chi connectivity index (χ3n) is 4.78. The average Bonchev–Trinajstić information content (AvgIpc) is 3.14. The number of guanidine groups is 1. The highest BCUT2D eigenvalue weighted by atomic mass is 35.5. The van der Waals surface area contributed by atoms with Crippen LogP contribution in [0.1, 0.15) is 32.6 Å². The van der Waals surface area contributed by atoms with Crippen LogP contribution in [0.3, 0.4) is 0 Å². The third kappa shape index (κ3) is 5.43. The van der Waals surface area contributed by atoms with Crippen LogP contribution in [-0.2, 0) is 6.54 Å². The highest BCUT2D eigenvalue weighted by molar-refractivity contribution is 6.30. The second-order valence-electron chi connectivity index (χ2n) is 7.00. The van der Waals surface area contributed by atoms with Crippen LogP contribution in [0.5, 0.6) is 0 Å². The molecule has 0 aliphatic carbocycles. The van der Waals surface area contributed by atoms with E-state index in [0.717, 1.165) is 37.5 Å². The molecule has 0 bridgehead atoms. The molecule has 0 radical (unpaired) electrons. The maximum absolute atomic E-state index is 6.02. The van der Waals surface area contributed by atoms with E-state index in [-0.39, 0.29) is 0 Å². The molecule has 2 N–H and O–H groups in total. The summed E-state index contributed by atoms with van der Waals surface area (Å²) in [6, 6.07) is 8.42. The summed E-state index contributed by atoms with van der Waals surface area (Å²) >= 11 is 6.02. The zero-order chi connectivity index (χ0) is 19.2. The first-order chi connectivity index (χ1) is 13.0. The number of hydrogen-bond donors (Lipinski definition) is 2. The molecule has 146 valence electrons. The molecule has 0 atom stereocenters. The molecule has 3 rings (SSSR count). The van der Waals surface area contributed by atoms with Crippen LogP contribution in [0.4, 0.5) is 0 Å². The van der Waals surface area contributed by atoms with Gasteiger partial charge < -0.3 is 20.1 Å². The van der Waals surface area contributed by atoms with Crippen molar-refractivity contribution >= 4 is 17.6 Å². The van der Waals surface area contributed by atoms with Gasteiger partial charge in [0.2, 0.25) is 11.7 Å². The molecule has 1 aromatic carbocycles. The molecule has 0 amide bonds. The molecule has 7 nitrogen and oxygen atoms in total. The van der Waals surface area contributed by atoms with Gasteiger partial charge in [-0.2, -0.15) is 4.98 Å². The Hall–Kier alpha value is -2.12. The fourth-order valence-electron chi connectivity index (χ4n) is 3.18. The van der Waals surface area contributed by atoms with Crippen molar-refractivity contribution < 1.29 is 4.52 Å². The molecule has 1 fully saturated rings. The second kappa shape index (κ2) is 9.19. The van der Waals surface area contributed by atoms with Gasteiger partial charge in [0.1, 0.15) is 0 Å². The monoisotopic (exact) mass is 390 g/mol. The van der Waals surface area contributed by atoms with E-state index in [0.29, 0.717) is 35.4 Å². The summed E-state index contributed by atoms with van der Waals surface area (Å²) in [5, 5.41) is 11.4. The van der Waals surface area contributed by atoms with Gasteiger partial charge in [0.05, 0.1) is 6.54 Å². The number of piperidine rings is 1. The number of aliphatic imine (C=N–C) groups is 1. The van der Waals surface area contributed by atoms with Crippen LogP contribution < -0.4 is 10.6 Å². The van der Waals surface area contributed by atoms with E-state index in [1.165, 1.54) is 0 Å². The second-order valence-corrected chi connectivity index (χ2v) is 7.43. The van der Waals surface area contributed by atoms with Gasteiger partial charge in [-0.25, -0.2) is 0 Å². The summed E-state index contributed by atoms with van der Waals surface area (Å²) in [6.07, 6.45) is 2.22. The first-order valence-electron chi connectivity index (χ1n) is 9.35. The molecule has 1 aliphatic heterocycles. The molecule has 0 unspecified atom stereocenters. The van der Waals surface area contributed by atoms with Gasteiger partial charge in [-0.05, 0) is 38.8 Å². The van der Waals surface area contributed by atoms with E-state index in [4.69, 9.17) is 16.1 Å². The van der Waals surface area contributed by atoms with Crippen LogP contribution >= 0.6 is 11.6 Å². The molecule has 0 saturated carbocycles. The lowest BCUT2D eigenvalue weighted by Crippen LogP contribution is -2.49. The van der Waals surface area contributed by atoms with Gasteiger partial charge in [0, 0.05) is 42.8 Å². The van der Waals surface area contributed by atoms with Crippen LogP contribution in [0.15, 0.2) is 33.8 Å². The fraction of sp³-hybridized carbons (Fsp3) is 0.526. The number of hydrogen-bond acceptors (Lipinski definition) is 5. The molecular formula is C19H27ClN6O. The first-order valence-corrected chi connectivity index (χ1v) is 9.72. The maximum Gasteiger partial charge on any atom is 0.246 e. The van der Waals surface area contributed by atoms with Crippen molar-refractivity contribution in [2.24, 2.45) is 4.99 Å². The quantitative estimate of drug-likeness (QED) is 0.603. The van der Waals surface area contributed by atoms with E-state index in [1.807, 2.05) is 24.3 Å². The predicted molar refractivity (Wildman–Crippen MR) is 108 cm³/mol. The minimum absolute atomic E-state index is 0.415. The van der Waals surface area contributed by atoms with Crippen LogP contribution in [0, 0.1) is 0 Å². The molecule has 2 heterocycles. The lowest BCUT2D eigenvalue weighted by molar-refractivity contribution is 0.167. The van der Waals surface area contributed by atoms with Crippen molar-refractivity contribution in [2.45, 2.75) is 45.3 Å². The van der Waals surface area contributed by atoms with E-state index in [1.54, 1.807) is 7.05 Å². The molecule has 8 heteroatoms. The van der Waals surface area contributed by atoms with Crippen LogP contribution in [0.2, 0.25) is 5.02 Å². The molecule has 0 spiro atoms. The van der Waals surface area contributed by atoms with Crippen LogP contribution in [0.25, 0.3) is 11.4 Å². The Morgan fingerprint density at radius 3 is 2.81 bits per heavy atom. The van der Waals surface area contributed by atoms with Crippen molar-refractivity contribution in [3.05, 3.63) is 35.2 Å². The predicted octanol–water partition coefficient (Wildman–Crippen LogP) is 2.93. The van der Waals surface area contributed by atoms with Crippen molar-refractivity contribution in [3.8, 4) is 11.4 Å². The van der Waals surface area contributed by atoms with E-state index in [9.17, 15) is 0 Å². The van der Waals surface area contributed by atoms with Crippen LogP contribution in [-0.4, -0.2) is 53.2 Å². The lowest BCUT2D eigenvalue weighted by atomic mass is 10.0. The molecule has 1 aromatic heterocycles. The number of likely N-dealkylation sites (tertiary alicyclic amines) is 1. The Morgan fingerprint density at radius 1 is 1.37 bits per heavy atom. The van der Waals surface area contributed by atoms with Gasteiger partial charge in [0.15, 0.2) is 5.96 Å². The van der Waals surface area contributed by atoms with Crippen molar-refractivity contribution in [3.63, 3.8) is 0 Å². The smallest absolute Gasteiger partial charge is 0.246 e. The Labute approximate surface area is 165 Å². The largest absolute Gasteiger partial charge is 0.354 e. The molecular weight excluding hydrogens is 364 g/mol. The molecule has 27 heavy (non-hydrogen) atoms. The highest BCUT2D eigenvalue weighted by Gasteiger charge is 2.21. The Bertz CT molecular complexity index is 767. The summed E-state index contributed by atoms with van der Waals surface area (Å²) in [5.74, 6) is 1.78. The summed E-state index contributed by atoms with van der Waals surface area (Å²) in [7, 11) is 1.77. The Kier molecular flexibility index (Phi) is 6.68. The van der Waals surface area contributed by atoms with E-state index < -0.39 is 0 Å². The number of halogens is 1. The normalized spacial score (nSPS) is 16.7. The standard InChI is InChI=1S/C19H27ClN6O/c1-13(2)26-9-7-16(8-10-26)23-19(21-3)22-12-17-24-18(25-27-17)14-5-4-6-15(20)11-14/h4-6,11,13,16H,7-10,12H2,1-3H3,(H2,21,22,23). The van der Waals surface area contributed by atoms with E-state index in [2.05, 4.69) is 44.5 Å². The fourth-order valence-corrected chi connectivity index (χ4v) is 3.37. The van der Waals surface area contributed by atoms with Crippen molar-refractivity contribution in [1.29, 1.82) is 0 Å². The summed E-state index contributed by atoms with van der Waals surface area (Å²) < 4.78 is 5.33. The zero-order valence-corrected chi connectivity index (χ0v) is 16.8. The summed E-state index contributed by atoms with van der Waals surface area (Å²) in [4.78, 5) is 11.2. The third-order valence-corrected chi connectivity index (χ3v) is 5.02. The number of nitrogens with one attached hydrogen (secondary N) is 2. The number of nitrogens with zero attached hydrogens (tertiary/aromatic N) is 4. The lowest BCUT2D eigenvalue weighted by Gasteiger charge is -2.35. The number of benzene rings is 1. The zero-order valence-electron chi connectivity index (χ0n) is 16.1. The topological polar surface area (TPSA) is 78.6 Å².